The summed E-state index contributed by atoms with van der Waals surface area (Å²) >= 11 is 5.25. The molecule has 0 saturated heterocycles. The number of hydrogen-bond acceptors (Lipinski definition) is 3. The van der Waals surface area contributed by atoms with E-state index in [-0.39, 0.29) is 5.56 Å². The summed E-state index contributed by atoms with van der Waals surface area (Å²) < 4.78 is 1.94. The molecule has 0 aliphatic heterocycles. The predicted molar refractivity (Wildman–Crippen MR) is 76.7 cm³/mol. The van der Waals surface area contributed by atoms with Gasteiger partial charge < -0.3 is 4.98 Å². The van der Waals surface area contributed by atoms with Crippen molar-refractivity contribution in [1.82, 2.24) is 14.5 Å². The second kappa shape index (κ2) is 4.78. The quantitative estimate of drug-likeness (QED) is 0.727. The highest BCUT2D eigenvalue weighted by Crippen LogP contribution is 2.06. The van der Waals surface area contributed by atoms with E-state index in [4.69, 9.17) is 12.2 Å². The maximum atomic E-state index is 12.4. The van der Waals surface area contributed by atoms with Gasteiger partial charge >= 0.3 is 0 Å². The Morgan fingerprint density at radius 1 is 1.16 bits per heavy atom. The van der Waals surface area contributed by atoms with Crippen molar-refractivity contribution >= 4 is 23.1 Å². The molecule has 19 heavy (non-hydrogen) atoms. The van der Waals surface area contributed by atoms with Gasteiger partial charge in [0.15, 0.2) is 4.77 Å². The van der Waals surface area contributed by atoms with E-state index in [0.717, 1.165) is 11.2 Å². The van der Waals surface area contributed by atoms with E-state index in [1.165, 1.54) is 4.57 Å². The Balaban J connectivity index is 2.19. The Labute approximate surface area is 114 Å². The van der Waals surface area contributed by atoms with Crippen LogP contribution in [0.15, 0.2) is 53.5 Å². The maximum Gasteiger partial charge on any atom is 0.262 e. The maximum absolute atomic E-state index is 12.4. The third-order valence-corrected chi connectivity index (χ3v) is 3.26. The highest BCUT2D eigenvalue weighted by Gasteiger charge is 2.05. The van der Waals surface area contributed by atoms with E-state index < -0.39 is 0 Å². The minimum Gasteiger partial charge on any atom is -0.332 e. The summed E-state index contributed by atoms with van der Waals surface area (Å²) in [6.07, 6.45) is 1.70. The molecule has 0 amide bonds. The lowest BCUT2D eigenvalue weighted by molar-refractivity contribution is 0.717. The SMILES string of the molecule is O=c1c2ccccc2[nH]c(=S)n1Cc1ccccn1. The third kappa shape index (κ3) is 2.20. The lowest BCUT2D eigenvalue weighted by Crippen LogP contribution is -2.23. The van der Waals surface area contributed by atoms with Gasteiger partial charge in [-0.25, -0.2) is 0 Å². The molecule has 0 aliphatic carbocycles. The highest BCUT2D eigenvalue weighted by molar-refractivity contribution is 7.71. The van der Waals surface area contributed by atoms with Crippen molar-refractivity contribution in [3.8, 4) is 0 Å². The average Bonchev–Trinajstić information content (AvgIpc) is 2.45. The molecule has 0 spiro atoms. The molecule has 3 aromatic rings. The van der Waals surface area contributed by atoms with Crippen molar-refractivity contribution in [3.05, 3.63) is 69.5 Å². The molecular weight excluding hydrogens is 258 g/mol. The van der Waals surface area contributed by atoms with Gasteiger partial charge in [-0.05, 0) is 36.5 Å². The number of benzene rings is 1. The van der Waals surface area contributed by atoms with Crippen molar-refractivity contribution in [2.24, 2.45) is 0 Å². The molecule has 0 saturated carbocycles. The van der Waals surface area contributed by atoms with Crippen LogP contribution in [0.25, 0.3) is 10.9 Å². The zero-order valence-electron chi connectivity index (χ0n) is 10.0. The number of H-pyrrole nitrogens is 1. The Kier molecular flexibility index (Phi) is 2.97. The molecule has 0 unspecified atom stereocenters. The molecule has 4 nitrogen and oxygen atoms in total. The van der Waals surface area contributed by atoms with Crippen LogP contribution in [-0.4, -0.2) is 14.5 Å². The first kappa shape index (κ1) is 11.8. The molecule has 0 radical (unpaired) electrons. The van der Waals surface area contributed by atoms with Crippen molar-refractivity contribution < 1.29 is 0 Å². The van der Waals surface area contributed by atoms with Crippen molar-refractivity contribution in [3.63, 3.8) is 0 Å². The van der Waals surface area contributed by atoms with E-state index in [9.17, 15) is 4.79 Å². The number of para-hydroxylation sites is 1. The molecule has 5 heteroatoms. The second-order valence-electron chi connectivity index (χ2n) is 4.19. The van der Waals surface area contributed by atoms with Gasteiger partial charge in [-0.2, -0.15) is 0 Å². The summed E-state index contributed by atoms with van der Waals surface area (Å²) in [4.78, 5) is 19.7. The van der Waals surface area contributed by atoms with Crippen LogP contribution in [-0.2, 0) is 6.54 Å². The molecule has 1 aromatic carbocycles. The molecule has 0 fully saturated rings. The largest absolute Gasteiger partial charge is 0.332 e. The smallest absolute Gasteiger partial charge is 0.262 e. The number of nitrogens with one attached hydrogen (secondary N) is 1. The van der Waals surface area contributed by atoms with Crippen LogP contribution >= 0.6 is 12.2 Å². The van der Waals surface area contributed by atoms with Gasteiger partial charge in [-0.1, -0.05) is 18.2 Å². The summed E-state index contributed by atoms with van der Waals surface area (Å²) in [5, 5.41) is 0.632. The minimum atomic E-state index is -0.0926. The van der Waals surface area contributed by atoms with Gasteiger partial charge in [-0.3, -0.25) is 14.3 Å². The van der Waals surface area contributed by atoms with Crippen LogP contribution in [0.5, 0.6) is 0 Å². The number of fused-ring (bicyclic) bond motifs is 1. The second-order valence-corrected chi connectivity index (χ2v) is 4.57. The molecular formula is C14H11N3OS. The fourth-order valence-electron chi connectivity index (χ4n) is 2.00. The molecule has 2 heterocycles. The molecule has 0 bridgehead atoms. The number of aromatic nitrogens is 3. The zero-order chi connectivity index (χ0) is 13.2. The molecule has 3 rings (SSSR count). The molecule has 2 aromatic heterocycles. The monoisotopic (exact) mass is 269 g/mol. The third-order valence-electron chi connectivity index (χ3n) is 2.94. The number of rotatable bonds is 2. The first-order valence-corrected chi connectivity index (χ1v) is 6.28. The first-order valence-electron chi connectivity index (χ1n) is 5.87. The van der Waals surface area contributed by atoms with Gasteiger partial charge in [0.1, 0.15) is 0 Å². The number of hydrogen-bond donors (Lipinski definition) is 1. The standard InChI is InChI=1S/C14H11N3OS/c18-13-11-6-1-2-7-12(11)16-14(19)17(13)9-10-5-3-4-8-15-10/h1-8H,9H2,(H,16,19). The van der Waals surface area contributed by atoms with Crippen molar-refractivity contribution in [2.75, 3.05) is 0 Å². The van der Waals surface area contributed by atoms with Crippen LogP contribution in [0.3, 0.4) is 0 Å². The van der Waals surface area contributed by atoms with Gasteiger partial charge in [0.25, 0.3) is 5.56 Å². The molecule has 0 atom stereocenters. The lowest BCUT2D eigenvalue weighted by Gasteiger charge is -2.07. The zero-order valence-corrected chi connectivity index (χ0v) is 10.9. The van der Waals surface area contributed by atoms with Crippen molar-refractivity contribution in [1.29, 1.82) is 0 Å². The number of nitrogens with zero attached hydrogens (tertiary/aromatic N) is 2. The van der Waals surface area contributed by atoms with Gasteiger partial charge in [0.05, 0.1) is 23.1 Å². The Bertz CT molecular complexity index is 836. The minimum absolute atomic E-state index is 0.0926. The lowest BCUT2D eigenvalue weighted by atomic mass is 10.2. The van der Waals surface area contributed by atoms with Gasteiger partial charge in [-0.15, -0.1) is 0 Å². The van der Waals surface area contributed by atoms with Crippen LogP contribution in [0.1, 0.15) is 5.69 Å². The summed E-state index contributed by atoms with van der Waals surface area (Å²) in [7, 11) is 0. The molecule has 94 valence electrons. The number of pyridine rings is 1. The van der Waals surface area contributed by atoms with E-state index in [0.29, 0.717) is 16.7 Å². The summed E-state index contributed by atoms with van der Waals surface area (Å²) in [5.41, 5.74) is 1.47. The summed E-state index contributed by atoms with van der Waals surface area (Å²) in [6.45, 7) is 0.375. The fourth-order valence-corrected chi connectivity index (χ4v) is 2.25. The summed E-state index contributed by atoms with van der Waals surface area (Å²) in [6, 6.07) is 12.9. The van der Waals surface area contributed by atoms with E-state index in [1.807, 2.05) is 36.4 Å². The number of aromatic amines is 1. The predicted octanol–water partition coefficient (Wildman–Crippen LogP) is 2.50. The van der Waals surface area contributed by atoms with Gasteiger partial charge in [0.2, 0.25) is 0 Å². The van der Waals surface area contributed by atoms with Gasteiger partial charge in [0, 0.05) is 6.20 Å². The van der Waals surface area contributed by atoms with E-state index in [1.54, 1.807) is 12.3 Å². The fraction of sp³-hybridized carbons (Fsp3) is 0.0714. The van der Waals surface area contributed by atoms with Crippen LogP contribution in [0.2, 0.25) is 0 Å². The van der Waals surface area contributed by atoms with Crippen LogP contribution in [0.4, 0.5) is 0 Å². The normalized spacial score (nSPS) is 10.7. The Morgan fingerprint density at radius 2 is 1.95 bits per heavy atom. The van der Waals surface area contributed by atoms with E-state index >= 15 is 0 Å². The first-order chi connectivity index (χ1) is 9.25. The Morgan fingerprint density at radius 3 is 2.74 bits per heavy atom. The topological polar surface area (TPSA) is 50.7 Å². The van der Waals surface area contributed by atoms with Crippen molar-refractivity contribution in [2.45, 2.75) is 6.54 Å². The average molecular weight is 269 g/mol. The molecule has 0 aliphatic rings. The van der Waals surface area contributed by atoms with E-state index in [2.05, 4.69) is 9.97 Å². The highest BCUT2D eigenvalue weighted by atomic mass is 32.1. The Hall–Kier alpha value is -2.27. The summed E-state index contributed by atoms with van der Waals surface area (Å²) in [5.74, 6) is 0. The molecule has 1 N–H and O–H groups in total. The van der Waals surface area contributed by atoms with Crippen LogP contribution in [0, 0.1) is 4.77 Å². The van der Waals surface area contributed by atoms with Crippen LogP contribution < -0.4 is 5.56 Å².